The van der Waals surface area contributed by atoms with Gasteiger partial charge in [-0.05, 0) is 48.9 Å². The van der Waals surface area contributed by atoms with Crippen molar-refractivity contribution in [2.45, 2.75) is 6.92 Å². The molecule has 4 rings (SSSR count). The quantitative estimate of drug-likeness (QED) is 0.541. The average Bonchev–Trinajstić information content (AvgIpc) is 3.11. The van der Waals surface area contributed by atoms with Crippen molar-refractivity contribution in [1.82, 2.24) is 4.57 Å². The summed E-state index contributed by atoms with van der Waals surface area (Å²) in [5, 5.41) is 0. The first-order chi connectivity index (χ1) is 10.8. The van der Waals surface area contributed by atoms with Crippen molar-refractivity contribution in [2.75, 3.05) is 7.11 Å². The highest BCUT2D eigenvalue weighted by molar-refractivity contribution is 6.18. The van der Waals surface area contributed by atoms with Crippen molar-refractivity contribution in [3.63, 3.8) is 0 Å². The first-order valence-electron chi connectivity index (χ1n) is 7.29. The summed E-state index contributed by atoms with van der Waals surface area (Å²) in [5.41, 5.74) is 6.54. The van der Waals surface area contributed by atoms with Crippen LogP contribution in [0.2, 0.25) is 0 Å². The van der Waals surface area contributed by atoms with Gasteiger partial charge in [-0.1, -0.05) is 18.2 Å². The van der Waals surface area contributed by atoms with Crippen LogP contribution in [0.1, 0.15) is 16.8 Å². The lowest BCUT2D eigenvalue weighted by Crippen LogP contribution is -1.98. The number of hydrogen-bond donors (Lipinski definition) is 0. The molecule has 3 nitrogen and oxygen atoms in total. The first-order valence-corrected chi connectivity index (χ1v) is 7.29. The van der Waals surface area contributed by atoms with E-state index in [0.717, 1.165) is 34.1 Å². The van der Waals surface area contributed by atoms with E-state index in [1.165, 1.54) is 5.56 Å². The summed E-state index contributed by atoms with van der Waals surface area (Å²) in [6.45, 7) is 2.08. The number of hydrogen-bond acceptors (Lipinski definition) is 2. The van der Waals surface area contributed by atoms with Gasteiger partial charge < -0.3 is 9.30 Å². The zero-order valence-electron chi connectivity index (χ0n) is 12.6. The van der Waals surface area contributed by atoms with Crippen LogP contribution in [0.15, 0.2) is 65.8 Å². The second kappa shape index (κ2) is 4.88. The van der Waals surface area contributed by atoms with Gasteiger partial charge in [-0.3, -0.25) is 0 Å². The molecule has 0 bridgehead atoms. The summed E-state index contributed by atoms with van der Waals surface area (Å²) in [6.07, 6.45) is 2.07. The lowest BCUT2D eigenvalue weighted by atomic mass is 10.1. The second-order valence-electron chi connectivity index (χ2n) is 5.39. The van der Waals surface area contributed by atoms with E-state index in [1.807, 2.05) is 24.3 Å². The Morgan fingerprint density at radius 1 is 1.00 bits per heavy atom. The highest BCUT2D eigenvalue weighted by Gasteiger charge is 2.25. The van der Waals surface area contributed by atoms with E-state index in [-0.39, 0.29) is 0 Å². The molecule has 0 aliphatic carbocycles. The molecule has 2 aromatic carbocycles. The van der Waals surface area contributed by atoms with Crippen molar-refractivity contribution in [2.24, 2.45) is 4.99 Å². The molecular weight excluding hydrogens is 272 g/mol. The maximum atomic E-state index is 5.37. The van der Waals surface area contributed by atoms with Crippen LogP contribution in [0.25, 0.3) is 5.69 Å². The van der Waals surface area contributed by atoms with Crippen LogP contribution in [0.5, 0.6) is 5.75 Å². The van der Waals surface area contributed by atoms with E-state index < -0.39 is 0 Å². The lowest BCUT2D eigenvalue weighted by Gasteiger charge is -2.05. The molecule has 3 aromatic rings. The monoisotopic (exact) mass is 288 g/mol. The molecule has 0 saturated carbocycles. The fourth-order valence-electron chi connectivity index (χ4n) is 2.89. The number of aliphatic imine (C=N–C) groups is 1. The number of methoxy groups -OCH3 is 1. The SMILES string of the molecule is COc1ccc2c(c1)C(=Nc1ccccc1C)c1cccn1-2. The third kappa shape index (κ3) is 1.86. The lowest BCUT2D eigenvalue weighted by molar-refractivity contribution is 0.414. The van der Waals surface area contributed by atoms with Gasteiger partial charge in [0, 0.05) is 11.8 Å². The molecule has 0 N–H and O–H groups in total. The van der Waals surface area contributed by atoms with Gasteiger partial charge in [-0.25, -0.2) is 4.99 Å². The van der Waals surface area contributed by atoms with Gasteiger partial charge in [-0.15, -0.1) is 0 Å². The number of ether oxygens (including phenoxy) is 1. The number of aromatic nitrogens is 1. The van der Waals surface area contributed by atoms with Gasteiger partial charge in [0.05, 0.1) is 29.9 Å². The topological polar surface area (TPSA) is 26.5 Å². The standard InChI is InChI=1S/C19H16N2O/c1-13-6-3-4-7-16(13)20-19-15-12-14(22-2)9-10-17(15)21-11-5-8-18(19)21/h3-12H,1-2H3. The molecular formula is C19H16N2O. The van der Waals surface area contributed by atoms with Crippen LogP contribution >= 0.6 is 0 Å². The van der Waals surface area contributed by atoms with Crippen LogP contribution in [-0.4, -0.2) is 17.4 Å². The second-order valence-corrected chi connectivity index (χ2v) is 5.39. The molecule has 1 aliphatic rings. The van der Waals surface area contributed by atoms with Crippen molar-refractivity contribution in [3.05, 3.63) is 77.6 Å². The van der Waals surface area contributed by atoms with Crippen LogP contribution in [-0.2, 0) is 0 Å². The predicted octanol–water partition coefficient (Wildman–Crippen LogP) is 4.28. The molecule has 0 fully saturated rings. The van der Waals surface area contributed by atoms with Gasteiger partial charge in [0.25, 0.3) is 0 Å². The summed E-state index contributed by atoms with van der Waals surface area (Å²) in [7, 11) is 1.69. The molecule has 108 valence electrons. The number of benzene rings is 2. The summed E-state index contributed by atoms with van der Waals surface area (Å²) < 4.78 is 7.55. The molecule has 22 heavy (non-hydrogen) atoms. The Kier molecular flexibility index (Phi) is 2.86. The molecule has 1 aliphatic heterocycles. The number of nitrogens with zero attached hydrogens (tertiary/aromatic N) is 2. The molecule has 0 atom stereocenters. The Balaban J connectivity index is 1.96. The fraction of sp³-hybridized carbons (Fsp3) is 0.105. The number of rotatable bonds is 2. The number of fused-ring (bicyclic) bond motifs is 3. The van der Waals surface area contributed by atoms with Crippen molar-refractivity contribution < 1.29 is 4.74 Å². The minimum atomic E-state index is 0.849. The molecule has 0 saturated heterocycles. The minimum Gasteiger partial charge on any atom is -0.497 e. The molecule has 1 aromatic heterocycles. The Morgan fingerprint density at radius 2 is 1.86 bits per heavy atom. The highest BCUT2D eigenvalue weighted by Crippen LogP contribution is 2.33. The smallest absolute Gasteiger partial charge is 0.119 e. The van der Waals surface area contributed by atoms with Crippen LogP contribution in [0.3, 0.4) is 0 Å². The Morgan fingerprint density at radius 3 is 2.68 bits per heavy atom. The summed E-state index contributed by atoms with van der Waals surface area (Å²) in [6, 6.07) is 18.5. The van der Waals surface area contributed by atoms with Gasteiger partial charge in [0.1, 0.15) is 5.75 Å². The Labute approximate surface area is 129 Å². The van der Waals surface area contributed by atoms with Crippen molar-refractivity contribution >= 4 is 11.4 Å². The molecule has 0 radical (unpaired) electrons. The van der Waals surface area contributed by atoms with Gasteiger partial charge in [0.15, 0.2) is 0 Å². The normalized spacial score (nSPS) is 14.0. The van der Waals surface area contributed by atoms with Gasteiger partial charge >= 0.3 is 0 Å². The van der Waals surface area contributed by atoms with E-state index in [2.05, 4.69) is 48.0 Å². The first kappa shape index (κ1) is 12.9. The summed E-state index contributed by atoms with van der Waals surface area (Å²) in [4.78, 5) is 4.93. The largest absolute Gasteiger partial charge is 0.497 e. The van der Waals surface area contributed by atoms with Gasteiger partial charge in [-0.2, -0.15) is 0 Å². The zero-order chi connectivity index (χ0) is 15.1. The Bertz CT molecular complexity index is 890. The summed E-state index contributed by atoms with van der Waals surface area (Å²) in [5.74, 6) is 0.849. The minimum absolute atomic E-state index is 0.849. The zero-order valence-corrected chi connectivity index (χ0v) is 12.6. The number of para-hydroxylation sites is 1. The van der Waals surface area contributed by atoms with Crippen LogP contribution in [0, 0.1) is 6.92 Å². The summed E-state index contributed by atoms with van der Waals surface area (Å²) >= 11 is 0. The van der Waals surface area contributed by atoms with E-state index >= 15 is 0 Å². The molecule has 3 heteroatoms. The van der Waals surface area contributed by atoms with E-state index in [4.69, 9.17) is 9.73 Å². The van der Waals surface area contributed by atoms with Crippen molar-refractivity contribution in [1.29, 1.82) is 0 Å². The van der Waals surface area contributed by atoms with Gasteiger partial charge in [0.2, 0.25) is 0 Å². The molecule has 0 unspecified atom stereocenters. The fourth-order valence-corrected chi connectivity index (χ4v) is 2.89. The highest BCUT2D eigenvalue weighted by atomic mass is 16.5. The third-order valence-corrected chi connectivity index (χ3v) is 4.06. The molecule has 0 spiro atoms. The van der Waals surface area contributed by atoms with Crippen LogP contribution < -0.4 is 4.74 Å². The average molecular weight is 288 g/mol. The van der Waals surface area contributed by atoms with E-state index in [0.29, 0.717) is 0 Å². The third-order valence-electron chi connectivity index (χ3n) is 4.06. The predicted molar refractivity (Wildman–Crippen MR) is 88.8 cm³/mol. The maximum Gasteiger partial charge on any atom is 0.119 e. The van der Waals surface area contributed by atoms with E-state index in [9.17, 15) is 0 Å². The molecule has 2 heterocycles. The Hall–Kier alpha value is -2.81. The number of aryl methyl sites for hydroxylation is 1. The van der Waals surface area contributed by atoms with E-state index in [1.54, 1.807) is 7.11 Å². The maximum absolute atomic E-state index is 5.37. The van der Waals surface area contributed by atoms with Crippen molar-refractivity contribution in [3.8, 4) is 11.4 Å². The molecule has 0 amide bonds. The van der Waals surface area contributed by atoms with Crippen LogP contribution in [0.4, 0.5) is 5.69 Å².